The van der Waals surface area contributed by atoms with Gasteiger partial charge in [0.15, 0.2) is 0 Å². The SMILES string of the molecule is Cc1cc(S(=O)(=O)NCc2ncn[nH]2)cc(N)c1F. The number of nitrogens with two attached hydrogens (primary N) is 1. The molecule has 7 nitrogen and oxygen atoms in total. The van der Waals surface area contributed by atoms with Gasteiger partial charge in [-0.25, -0.2) is 22.5 Å². The second-order valence-corrected chi connectivity index (χ2v) is 5.67. The van der Waals surface area contributed by atoms with E-state index >= 15 is 0 Å². The van der Waals surface area contributed by atoms with Crippen LogP contribution >= 0.6 is 0 Å². The highest BCUT2D eigenvalue weighted by Crippen LogP contribution is 2.20. The number of nitrogens with zero attached hydrogens (tertiary/aromatic N) is 2. The van der Waals surface area contributed by atoms with Gasteiger partial charge in [-0.3, -0.25) is 5.10 Å². The van der Waals surface area contributed by atoms with Crippen molar-refractivity contribution in [2.45, 2.75) is 18.4 Å². The van der Waals surface area contributed by atoms with Crippen molar-refractivity contribution in [1.82, 2.24) is 19.9 Å². The van der Waals surface area contributed by atoms with Crippen LogP contribution in [0.15, 0.2) is 23.4 Å². The molecule has 0 aliphatic rings. The Bertz CT molecular complexity index is 661. The molecule has 0 atom stereocenters. The number of aromatic amines is 1. The molecule has 1 aromatic heterocycles. The summed E-state index contributed by atoms with van der Waals surface area (Å²) in [6.45, 7) is 1.40. The van der Waals surface area contributed by atoms with Gasteiger partial charge in [0.05, 0.1) is 17.1 Å². The van der Waals surface area contributed by atoms with Crippen molar-refractivity contribution in [3.63, 3.8) is 0 Å². The molecule has 102 valence electrons. The fourth-order valence-corrected chi connectivity index (χ4v) is 2.59. The first-order valence-electron chi connectivity index (χ1n) is 5.29. The third-order valence-electron chi connectivity index (χ3n) is 2.46. The Morgan fingerprint density at radius 3 is 2.79 bits per heavy atom. The smallest absolute Gasteiger partial charge is 0.241 e. The van der Waals surface area contributed by atoms with Crippen LogP contribution in [-0.4, -0.2) is 23.6 Å². The van der Waals surface area contributed by atoms with E-state index in [9.17, 15) is 12.8 Å². The number of nitrogens with one attached hydrogen (secondary N) is 2. The highest BCUT2D eigenvalue weighted by atomic mass is 32.2. The Morgan fingerprint density at radius 2 is 2.21 bits per heavy atom. The average molecular weight is 285 g/mol. The summed E-state index contributed by atoms with van der Waals surface area (Å²) in [5, 5.41) is 6.12. The third-order valence-corrected chi connectivity index (χ3v) is 3.84. The van der Waals surface area contributed by atoms with Crippen LogP contribution in [0.4, 0.5) is 10.1 Å². The minimum Gasteiger partial charge on any atom is -0.396 e. The zero-order valence-corrected chi connectivity index (χ0v) is 10.8. The van der Waals surface area contributed by atoms with Gasteiger partial charge >= 0.3 is 0 Å². The lowest BCUT2D eigenvalue weighted by molar-refractivity contribution is 0.578. The van der Waals surface area contributed by atoms with Gasteiger partial charge in [-0.15, -0.1) is 0 Å². The Balaban J connectivity index is 2.24. The van der Waals surface area contributed by atoms with E-state index < -0.39 is 15.8 Å². The van der Waals surface area contributed by atoms with E-state index in [1.165, 1.54) is 19.3 Å². The molecule has 2 rings (SSSR count). The molecule has 0 radical (unpaired) electrons. The monoisotopic (exact) mass is 285 g/mol. The standard InChI is InChI=1S/C10H12FN5O2S/c1-6-2-7(3-8(12)10(6)11)19(17,18)15-4-9-13-5-14-16-9/h2-3,5,15H,4,12H2,1H3,(H,13,14,16). The van der Waals surface area contributed by atoms with Gasteiger partial charge in [-0.05, 0) is 24.6 Å². The minimum absolute atomic E-state index is 0.0430. The number of rotatable bonds is 4. The van der Waals surface area contributed by atoms with Gasteiger partial charge in [-0.2, -0.15) is 5.10 Å². The lowest BCUT2D eigenvalue weighted by atomic mass is 10.2. The fourth-order valence-electron chi connectivity index (χ4n) is 1.48. The van der Waals surface area contributed by atoms with Crippen molar-refractivity contribution < 1.29 is 12.8 Å². The van der Waals surface area contributed by atoms with Crippen LogP contribution in [0.5, 0.6) is 0 Å². The lowest BCUT2D eigenvalue weighted by Crippen LogP contribution is -2.24. The largest absolute Gasteiger partial charge is 0.396 e. The van der Waals surface area contributed by atoms with Crippen molar-refractivity contribution in [1.29, 1.82) is 0 Å². The first-order valence-corrected chi connectivity index (χ1v) is 6.78. The van der Waals surface area contributed by atoms with Crippen LogP contribution in [-0.2, 0) is 16.6 Å². The van der Waals surface area contributed by atoms with E-state index in [0.717, 1.165) is 6.07 Å². The van der Waals surface area contributed by atoms with Crippen LogP contribution < -0.4 is 10.5 Å². The van der Waals surface area contributed by atoms with Gasteiger partial charge in [0, 0.05) is 0 Å². The highest BCUT2D eigenvalue weighted by molar-refractivity contribution is 7.89. The first-order chi connectivity index (χ1) is 8.90. The molecular formula is C10H12FN5O2S. The maximum atomic E-state index is 13.3. The molecule has 1 aromatic carbocycles. The maximum Gasteiger partial charge on any atom is 0.241 e. The fraction of sp³-hybridized carbons (Fsp3) is 0.200. The Kier molecular flexibility index (Phi) is 3.49. The van der Waals surface area contributed by atoms with E-state index in [2.05, 4.69) is 19.9 Å². The molecule has 0 fully saturated rings. The molecule has 9 heteroatoms. The number of hydrogen-bond acceptors (Lipinski definition) is 5. The number of nitrogen functional groups attached to an aromatic ring is 1. The predicted octanol–water partition coefficient (Wildman–Crippen LogP) is 0.313. The summed E-state index contributed by atoms with van der Waals surface area (Å²) in [6, 6.07) is 2.29. The highest BCUT2D eigenvalue weighted by Gasteiger charge is 2.17. The Hall–Kier alpha value is -2.00. The summed E-state index contributed by atoms with van der Waals surface area (Å²) in [7, 11) is -3.78. The molecule has 1 heterocycles. The molecule has 2 aromatic rings. The van der Waals surface area contributed by atoms with Crippen LogP contribution in [0, 0.1) is 12.7 Å². The van der Waals surface area contributed by atoms with E-state index in [0.29, 0.717) is 5.82 Å². The van der Waals surface area contributed by atoms with Gasteiger partial charge in [0.1, 0.15) is 18.0 Å². The Labute approximate surface area is 109 Å². The summed E-state index contributed by atoms with van der Waals surface area (Å²) in [4.78, 5) is 3.69. The zero-order chi connectivity index (χ0) is 14.0. The quantitative estimate of drug-likeness (QED) is 0.700. The third kappa shape index (κ3) is 2.88. The number of benzene rings is 1. The number of aromatic nitrogens is 3. The molecule has 0 bridgehead atoms. The Morgan fingerprint density at radius 1 is 1.47 bits per heavy atom. The molecule has 0 aliphatic heterocycles. The molecular weight excluding hydrogens is 273 g/mol. The second-order valence-electron chi connectivity index (χ2n) is 3.90. The van der Waals surface area contributed by atoms with Crippen LogP contribution in [0.3, 0.4) is 0 Å². The van der Waals surface area contributed by atoms with E-state index in [4.69, 9.17) is 5.73 Å². The van der Waals surface area contributed by atoms with Crippen LogP contribution in [0.25, 0.3) is 0 Å². The molecule has 0 spiro atoms. The number of H-pyrrole nitrogens is 1. The van der Waals surface area contributed by atoms with Crippen molar-refractivity contribution >= 4 is 15.7 Å². The number of halogens is 1. The molecule has 4 N–H and O–H groups in total. The molecule has 0 unspecified atom stereocenters. The lowest BCUT2D eigenvalue weighted by Gasteiger charge is -2.08. The summed E-state index contributed by atoms with van der Waals surface area (Å²) < 4.78 is 39.6. The topological polar surface area (TPSA) is 114 Å². The second kappa shape index (κ2) is 4.94. The van der Waals surface area contributed by atoms with E-state index in [1.807, 2.05) is 0 Å². The average Bonchev–Trinajstić information content (AvgIpc) is 2.86. The molecule has 0 amide bonds. The maximum absolute atomic E-state index is 13.3. The van der Waals surface area contributed by atoms with Crippen LogP contribution in [0.1, 0.15) is 11.4 Å². The summed E-state index contributed by atoms with van der Waals surface area (Å²) in [5.41, 5.74) is 5.37. The van der Waals surface area contributed by atoms with Crippen LogP contribution in [0.2, 0.25) is 0 Å². The molecule has 0 saturated heterocycles. The van der Waals surface area contributed by atoms with E-state index in [1.54, 1.807) is 0 Å². The number of sulfonamides is 1. The molecule has 0 aliphatic carbocycles. The number of hydrogen-bond donors (Lipinski definition) is 3. The van der Waals surface area contributed by atoms with Crippen molar-refractivity contribution in [2.75, 3.05) is 5.73 Å². The van der Waals surface area contributed by atoms with Gasteiger partial charge in [0.25, 0.3) is 0 Å². The number of anilines is 1. The first kappa shape index (κ1) is 13.4. The predicted molar refractivity (Wildman–Crippen MR) is 66.0 cm³/mol. The number of aryl methyl sites for hydroxylation is 1. The van der Waals surface area contributed by atoms with Gasteiger partial charge in [0.2, 0.25) is 10.0 Å². The van der Waals surface area contributed by atoms with Gasteiger partial charge in [-0.1, -0.05) is 0 Å². The van der Waals surface area contributed by atoms with E-state index in [-0.39, 0.29) is 22.7 Å². The molecule has 19 heavy (non-hydrogen) atoms. The summed E-state index contributed by atoms with van der Waals surface area (Å²) in [6.07, 6.45) is 1.27. The van der Waals surface area contributed by atoms with Crippen molar-refractivity contribution in [3.8, 4) is 0 Å². The summed E-state index contributed by atoms with van der Waals surface area (Å²) in [5.74, 6) is -0.246. The molecule has 0 saturated carbocycles. The van der Waals surface area contributed by atoms with Gasteiger partial charge < -0.3 is 5.73 Å². The summed E-state index contributed by atoms with van der Waals surface area (Å²) >= 11 is 0. The minimum atomic E-state index is -3.78. The van der Waals surface area contributed by atoms with Crippen molar-refractivity contribution in [3.05, 3.63) is 35.7 Å². The van der Waals surface area contributed by atoms with Crippen molar-refractivity contribution in [2.24, 2.45) is 0 Å². The zero-order valence-electron chi connectivity index (χ0n) is 10.0. The normalized spacial score (nSPS) is 11.7.